The molecule has 1 N–H and O–H groups in total. The molecule has 0 aromatic carbocycles. The Labute approximate surface area is 85.6 Å². The highest BCUT2D eigenvalue weighted by atomic mass is 16.5. The number of methoxy groups -OCH3 is 1. The van der Waals surface area contributed by atoms with Crippen molar-refractivity contribution in [1.29, 1.82) is 0 Å². The third-order valence-corrected chi connectivity index (χ3v) is 2.81. The number of hydrogen-bond donors (Lipinski definition) is 1. The summed E-state index contributed by atoms with van der Waals surface area (Å²) >= 11 is 0. The maximum atomic E-state index is 11.1. The van der Waals surface area contributed by atoms with Crippen molar-refractivity contribution < 1.29 is 9.53 Å². The van der Waals surface area contributed by atoms with Crippen molar-refractivity contribution >= 4 is 5.97 Å². The summed E-state index contributed by atoms with van der Waals surface area (Å²) in [4.78, 5) is 13.4. The van der Waals surface area contributed by atoms with Crippen molar-refractivity contribution in [2.24, 2.45) is 5.92 Å². The third kappa shape index (κ3) is 3.27. The molecule has 1 heterocycles. The standard InChI is InChI=1S/C10H20N2O2/c1-11-9-4-8(5-10(13)14-3)6-12(2)7-9/h8-9,11H,4-7H2,1-3H3. The molecule has 0 aliphatic carbocycles. The van der Waals surface area contributed by atoms with Gasteiger partial charge in [-0.3, -0.25) is 4.79 Å². The fourth-order valence-electron chi connectivity index (χ4n) is 2.12. The van der Waals surface area contributed by atoms with Gasteiger partial charge in [0.15, 0.2) is 0 Å². The second-order valence-electron chi connectivity index (χ2n) is 4.09. The molecule has 1 aliphatic rings. The minimum absolute atomic E-state index is 0.0971. The quantitative estimate of drug-likeness (QED) is 0.656. The average Bonchev–Trinajstić information content (AvgIpc) is 2.16. The minimum Gasteiger partial charge on any atom is -0.469 e. The van der Waals surface area contributed by atoms with Crippen LogP contribution in [0.25, 0.3) is 0 Å². The van der Waals surface area contributed by atoms with Gasteiger partial charge in [0.2, 0.25) is 0 Å². The van der Waals surface area contributed by atoms with Crippen LogP contribution in [0.3, 0.4) is 0 Å². The first kappa shape index (κ1) is 11.5. The van der Waals surface area contributed by atoms with Gasteiger partial charge in [0.1, 0.15) is 0 Å². The molecule has 0 aromatic rings. The fraction of sp³-hybridized carbons (Fsp3) is 0.900. The predicted octanol–water partition coefficient (Wildman–Crippen LogP) is 0.0892. The second-order valence-corrected chi connectivity index (χ2v) is 4.09. The Kier molecular flexibility index (Phi) is 4.35. The van der Waals surface area contributed by atoms with Crippen LogP contribution in [-0.2, 0) is 9.53 Å². The lowest BCUT2D eigenvalue weighted by atomic mass is 9.92. The van der Waals surface area contributed by atoms with Gasteiger partial charge in [-0.25, -0.2) is 0 Å². The van der Waals surface area contributed by atoms with E-state index in [1.807, 2.05) is 7.05 Å². The Balaban J connectivity index is 2.40. The van der Waals surface area contributed by atoms with Crippen LogP contribution < -0.4 is 5.32 Å². The fourth-order valence-corrected chi connectivity index (χ4v) is 2.12. The zero-order valence-corrected chi connectivity index (χ0v) is 9.25. The van der Waals surface area contributed by atoms with Crippen LogP contribution in [0.1, 0.15) is 12.8 Å². The van der Waals surface area contributed by atoms with Gasteiger partial charge in [0.25, 0.3) is 0 Å². The molecule has 1 saturated heterocycles. The van der Waals surface area contributed by atoms with Gasteiger partial charge in [0.05, 0.1) is 7.11 Å². The van der Waals surface area contributed by atoms with Crippen molar-refractivity contribution in [2.45, 2.75) is 18.9 Å². The Morgan fingerprint density at radius 2 is 2.29 bits per heavy atom. The minimum atomic E-state index is -0.0971. The number of rotatable bonds is 3. The Hall–Kier alpha value is -0.610. The lowest BCUT2D eigenvalue weighted by molar-refractivity contribution is -0.142. The Morgan fingerprint density at radius 3 is 2.86 bits per heavy atom. The van der Waals surface area contributed by atoms with E-state index in [9.17, 15) is 4.79 Å². The molecule has 14 heavy (non-hydrogen) atoms. The normalized spacial score (nSPS) is 28.8. The van der Waals surface area contributed by atoms with Gasteiger partial charge < -0.3 is 15.0 Å². The summed E-state index contributed by atoms with van der Waals surface area (Å²) in [5, 5.41) is 3.26. The number of piperidine rings is 1. The number of likely N-dealkylation sites (tertiary alicyclic amines) is 1. The number of carbonyl (C=O) groups excluding carboxylic acids is 1. The number of nitrogens with zero attached hydrogens (tertiary/aromatic N) is 1. The maximum Gasteiger partial charge on any atom is 0.305 e. The van der Waals surface area contributed by atoms with E-state index in [1.54, 1.807) is 0 Å². The van der Waals surface area contributed by atoms with Crippen LogP contribution in [0, 0.1) is 5.92 Å². The molecule has 4 nitrogen and oxygen atoms in total. The van der Waals surface area contributed by atoms with Crippen LogP contribution >= 0.6 is 0 Å². The van der Waals surface area contributed by atoms with E-state index in [4.69, 9.17) is 0 Å². The van der Waals surface area contributed by atoms with E-state index in [-0.39, 0.29) is 5.97 Å². The largest absolute Gasteiger partial charge is 0.469 e. The molecule has 0 aromatic heterocycles. The summed E-state index contributed by atoms with van der Waals surface area (Å²) in [5.74, 6) is 0.332. The average molecular weight is 200 g/mol. The highest BCUT2D eigenvalue weighted by Crippen LogP contribution is 2.19. The van der Waals surface area contributed by atoms with E-state index < -0.39 is 0 Å². The molecule has 0 radical (unpaired) electrons. The van der Waals surface area contributed by atoms with Crippen molar-refractivity contribution in [1.82, 2.24) is 10.2 Å². The molecule has 4 heteroatoms. The molecular weight excluding hydrogens is 180 g/mol. The molecule has 1 fully saturated rings. The molecule has 2 unspecified atom stereocenters. The van der Waals surface area contributed by atoms with Gasteiger partial charge in [-0.2, -0.15) is 0 Å². The smallest absolute Gasteiger partial charge is 0.305 e. The van der Waals surface area contributed by atoms with Crippen molar-refractivity contribution in [3.05, 3.63) is 0 Å². The summed E-state index contributed by atoms with van der Waals surface area (Å²) in [6.45, 7) is 2.06. The molecular formula is C10H20N2O2. The number of likely N-dealkylation sites (N-methyl/N-ethyl adjacent to an activating group) is 2. The Morgan fingerprint density at radius 1 is 1.57 bits per heavy atom. The van der Waals surface area contributed by atoms with E-state index in [0.29, 0.717) is 18.4 Å². The number of hydrogen-bond acceptors (Lipinski definition) is 4. The van der Waals surface area contributed by atoms with Crippen LogP contribution in [0.15, 0.2) is 0 Å². The molecule has 0 amide bonds. The molecule has 82 valence electrons. The molecule has 0 spiro atoms. The summed E-state index contributed by atoms with van der Waals surface area (Å²) in [6, 6.07) is 0.503. The maximum absolute atomic E-state index is 11.1. The zero-order valence-electron chi connectivity index (χ0n) is 9.25. The first-order valence-electron chi connectivity index (χ1n) is 5.08. The number of esters is 1. The van der Waals surface area contributed by atoms with Gasteiger partial charge in [0, 0.05) is 25.6 Å². The zero-order chi connectivity index (χ0) is 10.6. The lowest BCUT2D eigenvalue weighted by Gasteiger charge is -2.35. The molecule has 0 bridgehead atoms. The first-order valence-corrected chi connectivity index (χ1v) is 5.08. The van der Waals surface area contributed by atoms with Crippen LogP contribution in [0.4, 0.5) is 0 Å². The second kappa shape index (κ2) is 5.32. The highest BCUT2D eigenvalue weighted by Gasteiger charge is 2.25. The van der Waals surface area contributed by atoms with E-state index in [0.717, 1.165) is 19.5 Å². The van der Waals surface area contributed by atoms with Crippen LogP contribution in [0.2, 0.25) is 0 Å². The summed E-state index contributed by atoms with van der Waals surface area (Å²) in [7, 11) is 5.51. The van der Waals surface area contributed by atoms with Gasteiger partial charge in [-0.15, -0.1) is 0 Å². The lowest BCUT2D eigenvalue weighted by Crippen LogP contribution is -2.46. The van der Waals surface area contributed by atoms with E-state index >= 15 is 0 Å². The van der Waals surface area contributed by atoms with Crippen molar-refractivity contribution in [3.63, 3.8) is 0 Å². The van der Waals surface area contributed by atoms with Gasteiger partial charge in [-0.05, 0) is 26.4 Å². The molecule has 0 saturated carbocycles. The van der Waals surface area contributed by atoms with Crippen LogP contribution in [0.5, 0.6) is 0 Å². The molecule has 2 atom stereocenters. The number of carbonyl (C=O) groups is 1. The van der Waals surface area contributed by atoms with Crippen molar-refractivity contribution in [3.8, 4) is 0 Å². The highest BCUT2D eigenvalue weighted by molar-refractivity contribution is 5.69. The topological polar surface area (TPSA) is 41.6 Å². The van der Waals surface area contributed by atoms with E-state index in [2.05, 4.69) is 22.0 Å². The number of ether oxygens (including phenoxy) is 1. The number of nitrogens with one attached hydrogen (secondary N) is 1. The van der Waals surface area contributed by atoms with Crippen molar-refractivity contribution in [2.75, 3.05) is 34.3 Å². The van der Waals surface area contributed by atoms with E-state index in [1.165, 1.54) is 7.11 Å². The summed E-state index contributed by atoms with van der Waals surface area (Å²) < 4.78 is 4.68. The predicted molar refractivity (Wildman–Crippen MR) is 55.1 cm³/mol. The Bertz CT molecular complexity index is 197. The molecule has 1 rings (SSSR count). The molecule has 1 aliphatic heterocycles. The van der Waals surface area contributed by atoms with Gasteiger partial charge in [-0.1, -0.05) is 0 Å². The van der Waals surface area contributed by atoms with Gasteiger partial charge >= 0.3 is 5.97 Å². The SMILES string of the molecule is CNC1CC(CC(=O)OC)CN(C)C1. The first-order chi connectivity index (χ1) is 6.65. The monoisotopic (exact) mass is 200 g/mol. The third-order valence-electron chi connectivity index (χ3n) is 2.81. The van der Waals surface area contributed by atoms with Crippen LogP contribution in [-0.4, -0.2) is 51.2 Å². The summed E-state index contributed by atoms with van der Waals surface area (Å²) in [5.41, 5.74) is 0. The summed E-state index contributed by atoms with van der Waals surface area (Å²) in [6.07, 6.45) is 1.61.